The molecule has 0 aromatic carbocycles. The summed E-state index contributed by atoms with van der Waals surface area (Å²) in [7, 11) is -3.47. The second-order valence-corrected chi connectivity index (χ2v) is 7.74. The van der Waals surface area contributed by atoms with Gasteiger partial charge in [-0.1, -0.05) is 19.3 Å². The first kappa shape index (κ1) is 15.7. The van der Waals surface area contributed by atoms with Crippen LogP contribution in [0.1, 0.15) is 44.9 Å². The van der Waals surface area contributed by atoms with E-state index in [1.807, 2.05) is 0 Å². The van der Waals surface area contributed by atoms with Crippen LogP contribution in [0.2, 0.25) is 0 Å². The lowest BCUT2D eigenvalue weighted by molar-refractivity contribution is -0.150. The van der Waals surface area contributed by atoms with Crippen molar-refractivity contribution in [3.8, 4) is 0 Å². The van der Waals surface area contributed by atoms with Gasteiger partial charge in [-0.2, -0.15) is 0 Å². The van der Waals surface area contributed by atoms with Gasteiger partial charge in [-0.25, -0.2) is 13.1 Å². The van der Waals surface area contributed by atoms with E-state index in [1.165, 1.54) is 0 Å². The second-order valence-electron chi connectivity index (χ2n) is 5.88. The Kier molecular flexibility index (Phi) is 5.04. The summed E-state index contributed by atoms with van der Waals surface area (Å²) in [6.45, 7) is 0.608. The molecule has 116 valence electrons. The third-order valence-electron chi connectivity index (χ3n) is 4.32. The van der Waals surface area contributed by atoms with Gasteiger partial charge in [0.1, 0.15) is 0 Å². The number of nitrogens with one attached hydrogen (secondary N) is 1. The van der Waals surface area contributed by atoms with Crippen LogP contribution in [0, 0.1) is 5.41 Å². The van der Waals surface area contributed by atoms with Crippen molar-refractivity contribution in [2.75, 3.05) is 18.9 Å². The van der Waals surface area contributed by atoms with Crippen LogP contribution in [-0.2, 0) is 19.6 Å². The van der Waals surface area contributed by atoms with Gasteiger partial charge in [-0.3, -0.25) is 4.79 Å². The van der Waals surface area contributed by atoms with Crippen LogP contribution in [-0.4, -0.2) is 44.5 Å². The minimum Gasteiger partial charge on any atom is -0.481 e. The lowest BCUT2D eigenvalue weighted by Gasteiger charge is -2.33. The van der Waals surface area contributed by atoms with Crippen molar-refractivity contribution >= 4 is 16.0 Å². The molecule has 1 unspecified atom stereocenters. The topological polar surface area (TPSA) is 92.7 Å². The predicted molar refractivity (Wildman–Crippen MR) is 73.9 cm³/mol. The predicted octanol–water partition coefficient (Wildman–Crippen LogP) is 1.12. The van der Waals surface area contributed by atoms with Gasteiger partial charge in [0.05, 0.1) is 17.3 Å². The number of carbonyl (C=O) groups is 1. The van der Waals surface area contributed by atoms with Crippen LogP contribution in [0.15, 0.2) is 0 Å². The molecule has 0 radical (unpaired) electrons. The number of carboxylic acids is 1. The van der Waals surface area contributed by atoms with Crippen LogP contribution in [0.4, 0.5) is 0 Å². The maximum absolute atomic E-state index is 12.0. The van der Waals surface area contributed by atoms with Gasteiger partial charge in [0.2, 0.25) is 10.0 Å². The van der Waals surface area contributed by atoms with Gasteiger partial charge in [-0.05, 0) is 25.7 Å². The minimum absolute atomic E-state index is 0.00259. The van der Waals surface area contributed by atoms with E-state index < -0.39 is 21.4 Å². The highest BCUT2D eigenvalue weighted by molar-refractivity contribution is 7.89. The zero-order valence-corrected chi connectivity index (χ0v) is 12.5. The molecule has 0 aromatic rings. The average Bonchev–Trinajstić information content (AvgIpc) is 2.89. The third kappa shape index (κ3) is 3.93. The number of carboxylic acid groups (broad SMARTS) is 1. The number of rotatable bonds is 6. The van der Waals surface area contributed by atoms with Crippen molar-refractivity contribution in [1.82, 2.24) is 4.72 Å². The Morgan fingerprint density at radius 1 is 1.25 bits per heavy atom. The molecule has 0 aromatic heterocycles. The molecular formula is C13H23NO5S. The van der Waals surface area contributed by atoms with E-state index in [0.717, 1.165) is 32.1 Å². The molecule has 1 aliphatic carbocycles. The summed E-state index contributed by atoms with van der Waals surface area (Å²) in [5.41, 5.74) is -0.929. The molecule has 2 fully saturated rings. The fourth-order valence-electron chi connectivity index (χ4n) is 3.02. The van der Waals surface area contributed by atoms with E-state index in [0.29, 0.717) is 19.4 Å². The molecule has 1 heterocycles. The van der Waals surface area contributed by atoms with Crippen LogP contribution in [0.3, 0.4) is 0 Å². The summed E-state index contributed by atoms with van der Waals surface area (Å²) in [5, 5.41) is 9.41. The van der Waals surface area contributed by atoms with E-state index in [2.05, 4.69) is 4.72 Å². The number of hydrogen-bond donors (Lipinski definition) is 2. The normalized spacial score (nSPS) is 26.5. The summed E-state index contributed by atoms with van der Waals surface area (Å²) < 4.78 is 31.8. The quantitative estimate of drug-likeness (QED) is 0.767. The zero-order chi connectivity index (χ0) is 14.6. The highest BCUT2D eigenvalue weighted by Gasteiger charge is 2.40. The van der Waals surface area contributed by atoms with Crippen molar-refractivity contribution in [3.63, 3.8) is 0 Å². The lowest BCUT2D eigenvalue weighted by Crippen LogP contribution is -2.45. The number of ether oxygens (including phenoxy) is 1. The summed E-state index contributed by atoms with van der Waals surface area (Å²) >= 11 is 0. The number of hydrogen-bond acceptors (Lipinski definition) is 4. The molecular weight excluding hydrogens is 282 g/mol. The van der Waals surface area contributed by atoms with E-state index >= 15 is 0 Å². The number of sulfonamides is 1. The highest BCUT2D eigenvalue weighted by atomic mass is 32.2. The smallest absolute Gasteiger partial charge is 0.310 e. The first-order chi connectivity index (χ1) is 9.44. The van der Waals surface area contributed by atoms with Crippen molar-refractivity contribution in [3.05, 3.63) is 0 Å². The molecule has 2 N–H and O–H groups in total. The van der Waals surface area contributed by atoms with Crippen molar-refractivity contribution in [2.24, 2.45) is 5.41 Å². The maximum atomic E-state index is 12.0. The standard InChI is InChI=1S/C13H23NO5S/c15-12(16)13(6-2-1-3-7-13)10-14-20(17,18)9-11-5-4-8-19-11/h11,14H,1-10H2,(H,15,16). The lowest BCUT2D eigenvalue weighted by atomic mass is 9.74. The van der Waals surface area contributed by atoms with E-state index in [-0.39, 0.29) is 18.4 Å². The highest BCUT2D eigenvalue weighted by Crippen LogP contribution is 2.36. The first-order valence-electron chi connectivity index (χ1n) is 7.26. The molecule has 0 amide bonds. The molecule has 1 aliphatic heterocycles. The van der Waals surface area contributed by atoms with Crippen molar-refractivity contribution in [2.45, 2.75) is 51.0 Å². The second kappa shape index (κ2) is 6.41. The molecule has 20 heavy (non-hydrogen) atoms. The summed E-state index contributed by atoms with van der Waals surface area (Å²) in [6, 6.07) is 0. The monoisotopic (exact) mass is 305 g/mol. The van der Waals surface area contributed by atoms with Gasteiger partial charge in [0.15, 0.2) is 0 Å². The number of aliphatic carboxylic acids is 1. The van der Waals surface area contributed by atoms with Gasteiger partial charge in [0.25, 0.3) is 0 Å². The SMILES string of the molecule is O=C(O)C1(CNS(=O)(=O)CC2CCCO2)CCCCC1. The minimum atomic E-state index is -3.47. The Bertz CT molecular complexity index is 436. The zero-order valence-electron chi connectivity index (χ0n) is 11.6. The maximum Gasteiger partial charge on any atom is 0.310 e. The van der Waals surface area contributed by atoms with Gasteiger partial charge < -0.3 is 9.84 Å². The van der Waals surface area contributed by atoms with E-state index in [1.54, 1.807) is 0 Å². The van der Waals surface area contributed by atoms with Crippen molar-refractivity contribution < 1.29 is 23.1 Å². The summed E-state index contributed by atoms with van der Waals surface area (Å²) in [6.07, 6.45) is 5.21. The Labute approximate surface area is 119 Å². The summed E-state index contributed by atoms with van der Waals surface area (Å²) in [5.74, 6) is -0.958. The molecule has 6 nitrogen and oxygen atoms in total. The van der Waals surface area contributed by atoms with Crippen molar-refractivity contribution in [1.29, 1.82) is 0 Å². The molecule has 7 heteroatoms. The molecule has 2 aliphatic rings. The first-order valence-corrected chi connectivity index (χ1v) is 8.91. The average molecular weight is 305 g/mol. The molecule has 0 spiro atoms. The van der Waals surface area contributed by atoms with Crippen LogP contribution in [0.5, 0.6) is 0 Å². The molecule has 1 saturated carbocycles. The fraction of sp³-hybridized carbons (Fsp3) is 0.923. The Morgan fingerprint density at radius 3 is 2.50 bits per heavy atom. The van der Waals surface area contributed by atoms with E-state index in [9.17, 15) is 18.3 Å². The van der Waals surface area contributed by atoms with E-state index in [4.69, 9.17) is 4.74 Å². The molecule has 0 bridgehead atoms. The Balaban J connectivity index is 1.92. The van der Waals surface area contributed by atoms with Crippen LogP contribution >= 0.6 is 0 Å². The van der Waals surface area contributed by atoms with Gasteiger partial charge in [0, 0.05) is 13.2 Å². The van der Waals surface area contributed by atoms with Crippen LogP contribution in [0.25, 0.3) is 0 Å². The molecule has 1 saturated heterocycles. The fourth-order valence-corrected chi connectivity index (χ4v) is 4.39. The molecule has 2 rings (SSSR count). The molecule has 1 atom stereocenters. The van der Waals surface area contributed by atoms with Gasteiger partial charge in [-0.15, -0.1) is 0 Å². The van der Waals surface area contributed by atoms with Gasteiger partial charge >= 0.3 is 5.97 Å². The largest absolute Gasteiger partial charge is 0.481 e. The van der Waals surface area contributed by atoms with Crippen LogP contribution < -0.4 is 4.72 Å². The summed E-state index contributed by atoms with van der Waals surface area (Å²) in [4.78, 5) is 11.5. The Hall–Kier alpha value is -0.660. The third-order valence-corrected chi connectivity index (χ3v) is 5.72. The Morgan fingerprint density at radius 2 is 1.95 bits per heavy atom.